The highest BCUT2D eigenvalue weighted by Crippen LogP contribution is 2.42. The van der Waals surface area contributed by atoms with E-state index in [1.165, 1.54) is 12.1 Å². The van der Waals surface area contributed by atoms with Crippen LogP contribution in [0.4, 0.5) is 0 Å². The largest absolute Gasteiger partial charge is 0.496 e. The van der Waals surface area contributed by atoms with Crippen LogP contribution in [0.25, 0.3) is 155 Å². The van der Waals surface area contributed by atoms with E-state index < -0.39 is 0 Å². The van der Waals surface area contributed by atoms with Crippen LogP contribution in [-0.4, -0.2) is 52.0 Å². The Hall–Kier alpha value is -11.9. The maximum absolute atomic E-state index is 13.6. The standard InChI is InChI=1S/C72H44N10O3/c1-40-52(42-11-6-13-48(30-42)69-56(38-59-66(85-2)24-28-77-72(59)82-69)44-16-19-60-47(29-44)15-8-25-74-60)34-50-32-46(17-20-61(50)78-40)55-37-58-65(84)23-27-76-71(58)81-68(55)49-14-7-12-43(31-49)53-35-51-33-45(18-21-62(51)79-63(53)39-73)54-36-57-64(83)22-26-75-70(57)80-67(54)41-9-4-3-5-10-41/h3-38H,1-2H3,(H,75,80,83)(H,76,81,84). The van der Waals surface area contributed by atoms with Crippen LogP contribution in [-0.2, 0) is 0 Å². The van der Waals surface area contributed by atoms with Crippen molar-refractivity contribution in [2.75, 3.05) is 7.11 Å². The minimum Gasteiger partial charge on any atom is -0.496 e. The number of aromatic nitrogens is 9. The van der Waals surface area contributed by atoms with Crippen molar-refractivity contribution in [1.82, 2.24) is 44.9 Å². The van der Waals surface area contributed by atoms with Crippen molar-refractivity contribution >= 4 is 65.8 Å². The first-order chi connectivity index (χ1) is 41.7. The van der Waals surface area contributed by atoms with Gasteiger partial charge in [0.05, 0.1) is 56.9 Å². The molecule has 0 spiro atoms. The third-order valence-electron chi connectivity index (χ3n) is 15.8. The van der Waals surface area contributed by atoms with E-state index in [0.29, 0.717) is 55.9 Å². The monoisotopic (exact) mass is 1100 g/mol. The second-order valence-electron chi connectivity index (χ2n) is 20.9. The number of hydrogen-bond donors (Lipinski definition) is 2. The molecule has 0 unspecified atom stereocenters. The maximum Gasteiger partial charge on any atom is 0.191 e. The van der Waals surface area contributed by atoms with Gasteiger partial charge in [0.1, 0.15) is 28.8 Å². The van der Waals surface area contributed by atoms with E-state index in [9.17, 15) is 14.9 Å². The summed E-state index contributed by atoms with van der Waals surface area (Å²) in [6.07, 6.45) is 6.72. The number of H-pyrrole nitrogens is 2. The average Bonchev–Trinajstić information content (AvgIpc) is 3.61. The van der Waals surface area contributed by atoms with Crippen LogP contribution >= 0.6 is 0 Å². The molecule has 9 heterocycles. The Bertz CT molecular complexity index is 5460. The molecule has 6 aromatic carbocycles. The number of nitrogens with one attached hydrogen (secondary N) is 2. The van der Waals surface area contributed by atoms with Gasteiger partial charge in [-0.15, -0.1) is 0 Å². The first-order valence-corrected chi connectivity index (χ1v) is 27.5. The predicted octanol–water partition coefficient (Wildman–Crippen LogP) is 15.3. The zero-order valence-corrected chi connectivity index (χ0v) is 45.6. The van der Waals surface area contributed by atoms with Gasteiger partial charge in [0.25, 0.3) is 0 Å². The smallest absolute Gasteiger partial charge is 0.191 e. The number of ether oxygens (including phenoxy) is 1. The Morgan fingerprint density at radius 2 is 0.941 bits per heavy atom. The van der Waals surface area contributed by atoms with Gasteiger partial charge in [-0.25, -0.2) is 24.9 Å². The fourth-order valence-electron chi connectivity index (χ4n) is 11.6. The zero-order chi connectivity index (χ0) is 57.3. The molecule has 0 saturated carbocycles. The van der Waals surface area contributed by atoms with Gasteiger partial charge in [-0.05, 0) is 126 Å². The van der Waals surface area contributed by atoms with Gasteiger partial charge in [-0.2, -0.15) is 5.26 Å². The summed E-state index contributed by atoms with van der Waals surface area (Å²) < 4.78 is 5.79. The molecule has 0 atom stereocenters. The zero-order valence-electron chi connectivity index (χ0n) is 45.6. The lowest BCUT2D eigenvalue weighted by Crippen LogP contribution is -2.03. The van der Waals surface area contributed by atoms with Crippen LogP contribution in [0.1, 0.15) is 11.4 Å². The van der Waals surface area contributed by atoms with Gasteiger partial charge in [0, 0.05) is 103 Å². The summed E-state index contributed by atoms with van der Waals surface area (Å²) in [6, 6.07) is 65.6. The van der Waals surface area contributed by atoms with E-state index in [0.717, 1.165) is 111 Å². The number of aryl methyl sites for hydroxylation is 1. The molecule has 13 nitrogen and oxygen atoms in total. The molecule has 0 amide bonds. The summed E-state index contributed by atoms with van der Waals surface area (Å²) >= 11 is 0. The van der Waals surface area contributed by atoms with E-state index in [1.54, 1.807) is 31.9 Å². The molecular weight excluding hydrogens is 1050 g/mol. The van der Waals surface area contributed by atoms with Crippen LogP contribution in [0.3, 0.4) is 0 Å². The SMILES string of the molecule is COc1ccnc2nc(-c3cccc(-c4cc5cc(-c6cc7c(=O)cc[nH]c7nc6-c6cccc(-c7cc8cc(-c9cc%10c(=O)cc[nH]c%10nc9-c9ccccc9)ccc8nc7C#N)c6)ccc5nc4C)c3)c(-c3ccc4ncccc4c3)cc12. The van der Waals surface area contributed by atoms with Crippen LogP contribution in [0, 0.1) is 18.3 Å². The number of aromatic amines is 2. The Morgan fingerprint density at radius 1 is 0.412 bits per heavy atom. The summed E-state index contributed by atoms with van der Waals surface area (Å²) in [5, 5.41) is 15.1. The molecule has 0 aliphatic heterocycles. The minimum absolute atomic E-state index is 0.136. The molecule has 0 bridgehead atoms. The number of benzene rings is 6. The van der Waals surface area contributed by atoms with Crippen LogP contribution in [0.5, 0.6) is 5.75 Å². The Kier molecular flexibility index (Phi) is 12.0. The van der Waals surface area contributed by atoms with Gasteiger partial charge in [0.2, 0.25) is 0 Å². The lowest BCUT2D eigenvalue weighted by atomic mass is 9.92. The van der Waals surface area contributed by atoms with E-state index >= 15 is 0 Å². The highest BCUT2D eigenvalue weighted by Gasteiger charge is 2.21. The molecule has 0 radical (unpaired) electrons. The highest BCUT2D eigenvalue weighted by molar-refractivity contribution is 6.00. The van der Waals surface area contributed by atoms with Crippen molar-refractivity contribution in [3.05, 3.63) is 251 Å². The maximum atomic E-state index is 13.6. The van der Waals surface area contributed by atoms with E-state index in [1.807, 2.05) is 134 Å². The molecule has 0 aliphatic rings. The lowest BCUT2D eigenvalue weighted by Gasteiger charge is -2.15. The fraction of sp³-hybridized carbons (Fsp3) is 0.0278. The number of rotatable bonds is 9. The molecule has 9 aromatic heterocycles. The molecule has 0 aliphatic carbocycles. The van der Waals surface area contributed by atoms with Crippen molar-refractivity contribution in [2.24, 2.45) is 0 Å². The molecule has 15 rings (SSSR count). The molecule has 0 fully saturated rings. The number of fused-ring (bicyclic) bond motifs is 6. The summed E-state index contributed by atoms with van der Waals surface area (Å²) in [4.78, 5) is 67.8. The average molecular weight is 1100 g/mol. The molecule has 0 saturated heterocycles. The second-order valence-corrected chi connectivity index (χ2v) is 20.9. The Labute approximate surface area is 484 Å². The summed E-state index contributed by atoms with van der Waals surface area (Å²) in [7, 11) is 1.65. The fourth-order valence-corrected chi connectivity index (χ4v) is 11.6. The Morgan fingerprint density at radius 3 is 1.58 bits per heavy atom. The Balaban J connectivity index is 0.834. The third kappa shape index (κ3) is 8.85. The van der Waals surface area contributed by atoms with Crippen molar-refractivity contribution in [3.8, 4) is 101 Å². The van der Waals surface area contributed by atoms with Gasteiger partial charge in [0.15, 0.2) is 16.5 Å². The molecule has 13 heteroatoms. The van der Waals surface area contributed by atoms with Gasteiger partial charge >= 0.3 is 0 Å². The van der Waals surface area contributed by atoms with Gasteiger partial charge in [-0.3, -0.25) is 19.6 Å². The normalized spacial score (nSPS) is 11.5. The topological polar surface area (TPSA) is 189 Å². The summed E-state index contributed by atoms with van der Waals surface area (Å²) in [5.41, 5.74) is 17.7. The first-order valence-electron chi connectivity index (χ1n) is 27.5. The van der Waals surface area contributed by atoms with Crippen LogP contribution in [0.2, 0.25) is 0 Å². The molecular formula is C72H44N10O3. The van der Waals surface area contributed by atoms with Crippen molar-refractivity contribution in [2.45, 2.75) is 6.92 Å². The van der Waals surface area contributed by atoms with Crippen molar-refractivity contribution in [1.29, 1.82) is 5.26 Å². The summed E-state index contributed by atoms with van der Waals surface area (Å²) in [6.45, 7) is 2.02. The van der Waals surface area contributed by atoms with Crippen molar-refractivity contribution < 1.29 is 4.74 Å². The first kappa shape index (κ1) is 50.1. The minimum atomic E-state index is -0.165. The quantitative estimate of drug-likeness (QED) is 0.140. The van der Waals surface area contributed by atoms with E-state index in [-0.39, 0.29) is 16.6 Å². The highest BCUT2D eigenvalue weighted by atomic mass is 16.5. The predicted molar refractivity (Wildman–Crippen MR) is 337 cm³/mol. The summed E-state index contributed by atoms with van der Waals surface area (Å²) in [5.74, 6) is 0.685. The molecule has 15 aromatic rings. The van der Waals surface area contributed by atoms with E-state index in [4.69, 9.17) is 29.7 Å². The molecule has 85 heavy (non-hydrogen) atoms. The van der Waals surface area contributed by atoms with Crippen molar-refractivity contribution in [3.63, 3.8) is 0 Å². The molecule has 2 N–H and O–H groups in total. The van der Waals surface area contributed by atoms with Crippen LogP contribution in [0.15, 0.2) is 229 Å². The van der Waals surface area contributed by atoms with E-state index in [2.05, 4.69) is 80.6 Å². The number of nitriles is 1. The number of pyridine rings is 9. The number of methoxy groups -OCH3 is 1. The number of nitrogens with zero attached hydrogens (tertiary/aromatic N) is 8. The third-order valence-corrected chi connectivity index (χ3v) is 15.8. The van der Waals surface area contributed by atoms with Gasteiger partial charge < -0.3 is 14.7 Å². The second kappa shape index (κ2) is 20.3. The van der Waals surface area contributed by atoms with Crippen LogP contribution < -0.4 is 15.6 Å². The lowest BCUT2D eigenvalue weighted by molar-refractivity contribution is 0.419. The van der Waals surface area contributed by atoms with Gasteiger partial charge in [-0.1, -0.05) is 91.0 Å². The number of hydrogen-bond acceptors (Lipinski definition) is 11. The molecule has 400 valence electrons.